The van der Waals surface area contributed by atoms with Gasteiger partial charge in [0.2, 0.25) is 5.95 Å². The molecule has 1 heterocycles. The van der Waals surface area contributed by atoms with Gasteiger partial charge in [-0.25, -0.2) is 4.98 Å². The lowest BCUT2D eigenvalue weighted by Crippen LogP contribution is -2.39. The number of halogens is 1. The van der Waals surface area contributed by atoms with E-state index in [-0.39, 0.29) is 5.95 Å². The van der Waals surface area contributed by atoms with E-state index in [1.165, 1.54) is 25.7 Å². The highest BCUT2D eigenvalue weighted by atomic mass is 35.5. The Kier molecular flexibility index (Phi) is 3.72. The van der Waals surface area contributed by atoms with Crippen LogP contribution in [0.3, 0.4) is 0 Å². The fourth-order valence-electron chi connectivity index (χ4n) is 2.65. The summed E-state index contributed by atoms with van der Waals surface area (Å²) in [6, 6.07) is 2.30. The van der Waals surface area contributed by atoms with Gasteiger partial charge in [0.05, 0.1) is 0 Å². The Morgan fingerprint density at radius 2 is 2.06 bits per heavy atom. The number of nitrogen functional groups attached to an aromatic ring is 1. The zero-order chi connectivity index (χ0) is 12.4. The number of anilines is 2. The van der Waals surface area contributed by atoms with Crippen molar-refractivity contribution >= 4 is 23.4 Å². The van der Waals surface area contributed by atoms with Crippen LogP contribution < -0.4 is 10.6 Å². The normalized spacial score (nSPS) is 24.6. The molecule has 1 aromatic rings. The molecule has 2 atom stereocenters. The minimum absolute atomic E-state index is 0.239. The molecule has 0 aromatic carbocycles. The third-order valence-corrected chi connectivity index (χ3v) is 3.82. The summed E-state index contributed by atoms with van der Waals surface area (Å²) < 4.78 is 0. The van der Waals surface area contributed by atoms with Crippen LogP contribution in [-0.2, 0) is 0 Å². The second-order valence-corrected chi connectivity index (χ2v) is 5.23. The Hall–Kier alpha value is -1.03. The van der Waals surface area contributed by atoms with Gasteiger partial charge in [0, 0.05) is 19.2 Å². The maximum absolute atomic E-state index is 5.91. The quantitative estimate of drug-likeness (QED) is 0.825. The molecule has 2 unspecified atom stereocenters. The lowest BCUT2D eigenvalue weighted by Gasteiger charge is -2.37. The molecule has 0 saturated heterocycles. The first-order valence-electron chi connectivity index (χ1n) is 6.11. The van der Waals surface area contributed by atoms with Gasteiger partial charge in [-0.2, -0.15) is 4.98 Å². The molecule has 1 aromatic heterocycles. The summed E-state index contributed by atoms with van der Waals surface area (Å²) in [6.45, 7) is 2.30. The Morgan fingerprint density at radius 1 is 1.35 bits per heavy atom. The summed E-state index contributed by atoms with van der Waals surface area (Å²) in [5.41, 5.74) is 5.63. The van der Waals surface area contributed by atoms with Gasteiger partial charge in [-0.15, -0.1) is 0 Å². The highest BCUT2D eigenvalue weighted by Gasteiger charge is 2.26. The Balaban J connectivity index is 2.20. The van der Waals surface area contributed by atoms with Crippen molar-refractivity contribution in [3.8, 4) is 0 Å². The van der Waals surface area contributed by atoms with Gasteiger partial charge < -0.3 is 10.6 Å². The maximum atomic E-state index is 5.91. The zero-order valence-electron chi connectivity index (χ0n) is 10.4. The van der Waals surface area contributed by atoms with Crippen LogP contribution >= 0.6 is 11.6 Å². The predicted octanol–water partition coefficient (Wildman–Crippen LogP) is 2.73. The molecule has 94 valence electrons. The molecule has 0 spiro atoms. The van der Waals surface area contributed by atoms with E-state index in [2.05, 4.69) is 28.8 Å². The van der Waals surface area contributed by atoms with E-state index in [0.717, 1.165) is 5.82 Å². The van der Waals surface area contributed by atoms with Crippen molar-refractivity contribution in [3.05, 3.63) is 11.2 Å². The molecule has 5 heteroatoms. The van der Waals surface area contributed by atoms with E-state index in [1.807, 2.05) is 0 Å². The van der Waals surface area contributed by atoms with Crippen molar-refractivity contribution in [3.63, 3.8) is 0 Å². The van der Waals surface area contributed by atoms with E-state index in [1.54, 1.807) is 6.07 Å². The molecule has 1 aliphatic rings. The molecule has 0 amide bonds. The monoisotopic (exact) mass is 254 g/mol. The van der Waals surface area contributed by atoms with Crippen molar-refractivity contribution in [1.82, 2.24) is 9.97 Å². The Bertz CT molecular complexity index is 376. The lowest BCUT2D eigenvalue weighted by molar-refractivity contribution is 0.320. The summed E-state index contributed by atoms with van der Waals surface area (Å²) in [7, 11) is 2.06. The van der Waals surface area contributed by atoms with Crippen molar-refractivity contribution < 1.29 is 0 Å². The van der Waals surface area contributed by atoms with Crippen molar-refractivity contribution in [2.75, 3.05) is 17.7 Å². The van der Waals surface area contributed by atoms with Crippen molar-refractivity contribution in [1.29, 1.82) is 0 Å². The summed E-state index contributed by atoms with van der Waals surface area (Å²) >= 11 is 5.91. The maximum Gasteiger partial charge on any atom is 0.223 e. The number of hydrogen-bond acceptors (Lipinski definition) is 4. The number of aromatic nitrogens is 2. The van der Waals surface area contributed by atoms with Crippen LogP contribution in [0.25, 0.3) is 0 Å². The first-order valence-corrected chi connectivity index (χ1v) is 6.48. The van der Waals surface area contributed by atoms with E-state index in [0.29, 0.717) is 17.1 Å². The van der Waals surface area contributed by atoms with Crippen molar-refractivity contribution in [2.24, 2.45) is 5.92 Å². The SMILES string of the molecule is CC1CCCCC1N(C)c1cc(Cl)nc(N)n1. The summed E-state index contributed by atoms with van der Waals surface area (Å²) in [5.74, 6) is 1.74. The third-order valence-electron chi connectivity index (χ3n) is 3.62. The van der Waals surface area contributed by atoms with E-state index >= 15 is 0 Å². The molecule has 0 bridgehead atoms. The first kappa shape index (κ1) is 12.4. The summed E-state index contributed by atoms with van der Waals surface area (Å²) in [4.78, 5) is 10.3. The average Bonchev–Trinajstić information content (AvgIpc) is 2.27. The largest absolute Gasteiger partial charge is 0.368 e. The molecule has 1 aliphatic carbocycles. The van der Waals surface area contributed by atoms with Gasteiger partial charge in [-0.3, -0.25) is 0 Å². The van der Waals surface area contributed by atoms with E-state index in [4.69, 9.17) is 17.3 Å². The molecule has 0 radical (unpaired) electrons. The minimum atomic E-state index is 0.239. The van der Waals surface area contributed by atoms with Crippen LogP contribution in [0.5, 0.6) is 0 Å². The molecule has 2 N–H and O–H groups in total. The highest BCUT2D eigenvalue weighted by Crippen LogP contribution is 2.30. The second-order valence-electron chi connectivity index (χ2n) is 4.85. The lowest BCUT2D eigenvalue weighted by atomic mass is 9.85. The van der Waals surface area contributed by atoms with Gasteiger partial charge in [0.1, 0.15) is 11.0 Å². The molecule has 4 nitrogen and oxygen atoms in total. The molecule has 0 aliphatic heterocycles. The molecular weight excluding hydrogens is 236 g/mol. The average molecular weight is 255 g/mol. The first-order chi connectivity index (χ1) is 8.08. The summed E-state index contributed by atoms with van der Waals surface area (Å²) in [5, 5.41) is 0.405. The van der Waals surface area contributed by atoms with E-state index < -0.39 is 0 Å². The fourth-order valence-corrected chi connectivity index (χ4v) is 2.83. The third kappa shape index (κ3) is 2.80. The molecule has 1 fully saturated rings. The molecule has 17 heavy (non-hydrogen) atoms. The van der Waals surface area contributed by atoms with E-state index in [9.17, 15) is 0 Å². The molecule has 2 rings (SSSR count). The highest BCUT2D eigenvalue weighted by molar-refractivity contribution is 6.29. The van der Waals surface area contributed by atoms with Crippen LogP contribution in [0.2, 0.25) is 5.15 Å². The van der Waals surface area contributed by atoms with Gasteiger partial charge in [-0.05, 0) is 18.8 Å². The van der Waals surface area contributed by atoms with Crippen LogP contribution in [0.4, 0.5) is 11.8 Å². The van der Waals surface area contributed by atoms with Crippen molar-refractivity contribution in [2.45, 2.75) is 38.6 Å². The number of hydrogen-bond donors (Lipinski definition) is 1. The minimum Gasteiger partial charge on any atom is -0.368 e. The topological polar surface area (TPSA) is 55.0 Å². The summed E-state index contributed by atoms with van der Waals surface area (Å²) in [6.07, 6.45) is 5.11. The number of nitrogens with two attached hydrogens (primary N) is 1. The van der Waals surface area contributed by atoms with Crippen LogP contribution in [0, 0.1) is 5.92 Å². The Morgan fingerprint density at radius 3 is 2.71 bits per heavy atom. The molecular formula is C12H19ClN4. The Labute approximate surface area is 107 Å². The van der Waals surface area contributed by atoms with Crippen LogP contribution in [-0.4, -0.2) is 23.1 Å². The second kappa shape index (κ2) is 5.08. The van der Waals surface area contributed by atoms with Gasteiger partial charge in [0.15, 0.2) is 0 Å². The van der Waals surface area contributed by atoms with Crippen LogP contribution in [0.1, 0.15) is 32.6 Å². The standard InChI is InChI=1S/C12H19ClN4/c1-8-5-3-4-6-9(8)17(2)11-7-10(13)15-12(14)16-11/h7-9H,3-6H2,1-2H3,(H2,14,15,16). The number of rotatable bonds is 2. The van der Waals surface area contributed by atoms with Gasteiger partial charge in [-0.1, -0.05) is 31.4 Å². The van der Waals surface area contributed by atoms with Crippen LogP contribution in [0.15, 0.2) is 6.07 Å². The smallest absolute Gasteiger partial charge is 0.223 e. The molecule has 1 saturated carbocycles. The fraction of sp³-hybridized carbons (Fsp3) is 0.667. The predicted molar refractivity (Wildman–Crippen MR) is 71.3 cm³/mol. The zero-order valence-corrected chi connectivity index (χ0v) is 11.1. The van der Waals surface area contributed by atoms with Gasteiger partial charge in [0.25, 0.3) is 0 Å². The number of nitrogens with zero attached hydrogens (tertiary/aromatic N) is 3. The van der Waals surface area contributed by atoms with Gasteiger partial charge >= 0.3 is 0 Å².